The Balaban J connectivity index is 1.97. The molecule has 3 N–H and O–H groups in total. The van der Waals surface area contributed by atoms with Crippen LogP contribution in [0.4, 0.5) is 0 Å². The smallest absolute Gasteiger partial charge is 0.281 e. The summed E-state index contributed by atoms with van der Waals surface area (Å²) in [5.41, 5.74) is 6.83. The van der Waals surface area contributed by atoms with Crippen LogP contribution in [0.1, 0.15) is 56.9 Å². The van der Waals surface area contributed by atoms with Crippen LogP contribution >= 0.6 is 0 Å². The van der Waals surface area contributed by atoms with Gasteiger partial charge < -0.3 is 15.8 Å². The third kappa shape index (κ3) is 10.2. The molecule has 0 saturated heterocycles. The van der Waals surface area contributed by atoms with E-state index in [0.717, 1.165) is 19.4 Å². The molecule has 0 fully saturated rings. The Hall–Kier alpha value is -1.62. The maximum absolute atomic E-state index is 5.47. The molecule has 0 saturated carbocycles. The van der Waals surface area contributed by atoms with Crippen LogP contribution in [0.2, 0.25) is 0 Å². The zero-order chi connectivity index (χ0) is 17.5. The Labute approximate surface area is 147 Å². The van der Waals surface area contributed by atoms with E-state index in [4.69, 9.17) is 10.5 Å². The third-order valence-electron chi connectivity index (χ3n) is 4.33. The minimum absolute atomic E-state index is 0.292. The lowest BCUT2D eigenvalue weighted by atomic mass is 10.0. The van der Waals surface area contributed by atoms with Crippen LogP contribution in [0.25, 0.3) is 0 Å². The van der Waals surface area contributed by atoms with Crippen molar-refractivity contribution in [1.82, 2.24) is 10.3 Å². The van der Waals surface area contributed by atoms with E-state index >= 15 is 0 Å². The molecule has 1 heterocycles. The first-order valence-electron chi connectivity index (χ1n) is 9.16. The van der Waals surface area contributed by atoms with E-state index in [1.807, 2.05) is 12.4 Å². The number of unbranched alkanes of at least 4 members (excludes halogenated alkanes) is 6. The normalized spacial score (nSPS) is 13.0. The predicted octanol–water partition coefficient (Wildman–Crippen LogP) is 3.29. The van der Waals surface area contributed by atoms with Gasteiger partial charge in [0.05, 0.1) is 7.11 Å². The van der Waals surface area contributed by atoms with Crippen molar-refractivity contribution >= 4 is 6.02 Å². The molecule has 0 aliphatic rings. The lowest BCUT2D eigenvalue weighted by Crippen LogP contribution is -2.27. The number of aromatic nitrogens is 1. The minimum atomic E-state index is 0.292. The Morgan fingerprint density at radius 2 is 1.75 bits per heavy atom. The largest absolute Gasteiger partial charge is 0.469 e. The van der Waals surface area contributed by atoms with Crippen LogP contribution in [-0.2, 0) is 11.2 Å². The molecule has 0 aromatic carbocycles. The molecule has 1 aromatic heterocycles. The van der Waals surface area contributed by atoms with Crippen LogP contribution in [0.3, 0.4) is 0 Å². The molecule has 0 aliphatic carbocycles. The Kier molecular flexibility index (Phi) is 11.7. The molecule has 1 unspecified atom stereocenters. The minimum Gasteiger partial charge on any atom is -0.469 e. The van der Waals surface area contributed by atoms with Gasteiger partial charge in [0.2, 0.25) is 0 Å². The van der Waals surface area contributed by atoms with Crippen molar-refractivity contribution in [2.75, 3.05) is 20.7 Å². The van der Waals surface area contributed by atoms with Crippen molar-refractivity contribution < 1.29 is 4.74 Å². The molecule has 1 atom stereocenters. The number of rotatable bonds is 13. The number of nitrogens with two attached hydrogens (primary N) is 1. The lowest BCUT2D eigenvalue weighted by molar-refractivity contribution is 0.393. The van der Waals surface area contributed by atoms with Gasteiger partial charge in [-0.2, -0.15) is 0 Å². The molecule has 1 rings (SSSR count). The second-order valence-electron chi connectivity index (χ2n) is 6.23. The number of likely N-dealkylation sites (N-methyl/N-ethyl adjacent to an activating group) is 1. The van der Waals surface area contributed by atoms with Crippen LogP contribution < -0.4 is 11.1 Å². The summed E-state index contributed by atoms with van der Waals surface area (Å²) >= 11 is 0. The van der Waals surface area contributed by atoms with E-state index in [1.54, 1.807) is 7.11 Å². The number of amidine groups is 1. The van der Waals surface area contributed by atoms with Crippen molar-refractivity contribution in [2.24, 2.45) is 10.7 Å². The van der Waals surface area contributed by atoms with Crippen molar-refractivity contribution in [1.29, 1.82) is 0 Å². The second kappa shape index (κ2) is 13.8. The fraction of sp³-hybridized carbons (Fsp3) is 0.684. The third-order valence-corrected chi connectivity index (χ3v) is 4.33. The van der Waals surface area contributed by atoms with Gasteiger partial charge in [0.1, 0.15) is 0 Å². The zero-order valence-electron chi connectivity index (χ0n) is 15.3. The van der Waals surface area contributed by atoms with Gasteiger partial charge in [-0.1, -0.05) is 38.5 Å². The average molecular weight is 335 g/mol. The highest BCUT2D eigenvalue weighted by molar-refractivity contribution is 5.71. The molecule has 0 aliphatic heterocycles. The molecular weight excluding hydrogens is 300 g/mol. The summed E-state index contributed by atoms with van der Waals surface area (Å²) < 4.78 is 4.81. The van der Waals surface area contributed by atoms with Crippen molar-refractivity contribution in [3.63, 3.8) is 0 Å². The highest BCUT2D eigenvalue weighted by Gasteiger charge is 2.06. The standard InChI is InChI=1S/C19H34N4O/c1-21-18(16-17-11-14-22-15-12-17)10-8-6-4-3-5-7-9-13-23-19(20)24-2/h11-12,14-15,18,21H,3-10,13,16H2,1-2H3,(H2,20,23). The zero-order valence-corrected chi connectivity index (χ0v) is 15.3. The number of ether oxygens (including phenoxy) is 1. The first-order valence-corrected chi connectivity index (χ1v) is 9.16. The highest BCUT2D eigenvalue weighted by atomic mass is 16.5. The first-order chi connectivity index (χ1) is 11.8. The molecule has 1 aromatic rings. The maximum atomic E-state index is 5.47. The van der Waals surface area contributed by atoms with E-state index in [9.17, 15) is 0 Å². The molecule has 24 heavy (non-hydrogen) atoms. The summed E-state index contributed by atoms with van der Waals surface area (Å²) in [6, 6.07) is 5.07. The summed E-state index contributed by atoms with van der Waals surface area (Å²) in [6.07, 6.45) is 14.9. The molecule has 5 nitrogen and oxygen atoms in total. The monoisotopic (exact) mass is 334 g/mol. The van der Waals surface area contributed by atoms with Crippen LogP contribution in [-0.4, -0.2) is 37.7 Å². The predicted molar refractivity (Wildman–Crippen MR) is 101 cm³/mol. The number of hydrogen-bond donors (Lipinski definition) is 2. The van der Waals surface area contributed by atoms with Crippen LogP contribution in [0, 0.1) is 0 Å². The molecule has 0 bridgehead atoms. The number of methoxy groups -OCH3 is 1. The fourth-order valence-electron chi connectivity index (χ4n) is 2.79. The van der Waals surface area contributed by atoms with Gasteiger partial charge in [0.25, 0.3) is 6.02 Å². The van der Waals surface area contributed by atoms with Crippen molar-refractivity contribution in [3.8, 4) is 0 Å². The van der Waals surface area contributed by atoms with Crippen molar-refractivity contribution in [3.05, 3.63) is 30.1 Å². The van der Waals surface area contributed by atoms with Crippen LogP contribution in [0.5, 0.6) is 0 Å². The molecular formula is C19H34N4O. The van der Waals surface area contributed by atoms with E-state index in [2.05, 4.69) is 34.5 Å². The van der Waals surface area contributed by atoms with E-state index < -0.39 is 0 Å². The van der Waals surface area contributed by atoms with Gasteiger partial charge in [-0.15, -0.1) is 0 Å². The summed E-state index contributed by atoms with van der Waals surface area (Å²) in [7, 11) is 3.61. The van der Waals surface area contributed by atoms with Gasteiger partial charge in [-0.25, -0.2) is 4.99 Å². The number of nitrogens with zero attached hydrogens (tertiary/aromatic N) is 2. The van der Waals surface area contributed by atoms with E-state index in [-0.39, 0.29) is 0 Å². The number of pyridine rings is 1. The summed E-state index contributed by atoms with van der Waals surface area (Å²) in [5.74, 6) is 0. The Morgan fingerprint density at radius 3 is 2.38 bits per heavy atom. The number of nitrogens with one attached hydrogen (secondary N) is 1. The molecule has 0 spiro atoms. The van der Waals surface area contributed by atoms with Gasteiger partial charge in [-0.3, -0.25) is 4.98 Å². The SMILES string of the molecule is CNC(CCCCCCCCCN=C(N)OC)Cc1ccncc1. The quantitative estimate of drug-likeness (QED) is 0.330. The number of aliphatic imine (C=N–C) groups is 1. The summed E-state index contributed by atoms with van der Waals surface area (Å²) in [6.45, 7) is 0.776. The van der Waals surface area contributed by atoms with Gasteiger partial charge in [0.15, 0.2) is 0 Å². The lowest BCUT2D eigenvalue weighted by Gasteiger charge is -2.16. The fourth-order valence-corrected chi connectivity index (χ4v) is 2.79. The Bertz CT molecular complexity index is 436. The first kappa shape index (κ1) is 20.4. The van der Waals surface area contributed by atoms with Crippen LogP contribution in [0.15, 0.2) is 29.5 Å². The van der Waals surface area contributed by atoms with Crippen molar-refractivity contribution in [2.45, 2.75) is 63.8 Å². The summed E-state index contributed by atoms with van der Waals surface area (Å²) in [5, 5.41) is 3.44. The average Bonchev–Trinajstić information content (AvgIpc) is 2.62. The number of hydrogen-bond acceptors (Lipinski definition) is 4. The Morgan fingerprint density at radius 1 is 1.12 bits per heavy atom. The maximum Gasteiger partial charge on any atom is 0.281 e. The van der Waals surface area contributed by atoms with Gasteiger partial charge >= 0.3 is 0 Å². The van der Waals surface area contributed by atoms with E-state index in [1.165, 1.54) is 50.5 Å². The second-order valence-corrected chi connectivity index (χ2v) is 6.23. The van der Waals surface area contributed by atoms with E-state index in [0.29, 0.717) is 12.1 Å². The van der Waals surface area contributed by atoms with Gasteiger partial charge in [-0.05, 0) is 44.0 Å². The molecule has 0 amide bonds. The van der Waals surface area contributed by atoms with Gasteiger partial charge in [0, 0.05) is 25.0 Å². The topological polar surface area (TPSA) is 72.5 Å². The highest BCUT2D eigenvalue weighted by Crippen LogP contribution is 2.12. The molecule has 5 heteroatoms. The summed E-state index contributed by atoms with van der Waals surface area (Å²) in [4.78, 5) is 8.19. The molecule has 136 valence electrons. The molecule has 0 radical (unpaired) electrons.